The number of ether oxygens (including phenoxy) is 1. The van der Waals surface area contributed by atoms with Crippen LogP contribution in [0.1, 0.15) is 28.6 Å². The third kappa shape index (κ3) is 8.54. The number of hydrogen-bond acceptors (Lipinski definition) is 7. The Morgan fingerprint density at radius 3 is 2.46 bits per heavy atom. The Labute approximate surface area is 230 Å². The summed E-state index contributed by atoms with van der Waals surface area (Å²) in [5, 5.41) is 17.2. The van der Waals surface area contributed by atoms with Gasteiger partial charge in [0.1, 0.15) is 11.8 Å². The maximum Gasteiger partial charge on any atom is 0.326 e. The van der Waals surface area contributed by atoms with Crippen LogP contribution < -0.4 is 20.7 Å². The first-order valence-electron chi connectivity index (χ1n) is 12.0. The van der Waals surface area contributed by atoms with Gasteiger partial charge in [-0.1, -0.05) is 24.3 Å². The van der Waals surface area contributed by atoms with Gasteiger partial charge in [-0.05, 0) is 53.8 Å². The molecule has 4 N–H and O–H groups in total. The standard InChI is InChI=1S/C27H31N5O6S/c1-16-7-5-6-8-21(16)29-27(37)30-22-10-9-18(11-24(22)38-4)12-25(34)32(3)15-20-13-19(31-39-20)14-23(26(35)36)28-17(2)33/h5-11,13,23H,12,14-15H2,1-4H3,(H,28,33)(H,35,36)(H2,29,30,37). The van der Waals surface area contributed by atoms with Gasteiger partial charge in [0.25, 0.3) is 0 Å². The maximum atomic E-state index is 12.9. The summed E-state index contributed by atoms with van der Waals surface area (Å²) in [6.45, 7) is 3.45. The molecule has 0 aliphatic carbocycles. The number of nitrogens with zero attached hydrogens (tertiary/aromatic N) is 2. The number of urea groups is 1. The summed E-state index contributed by atoms with van der Waals surface area (Å²) >= 11 is 1.17. The van der Waals surface area contributed by atoms with Crippen molar-refractivity contribution in [3.05, 3.63) is 70.2 Å². The number of aromatic nitrogens is 1. The molecule has 0 fully saturated rings. The number of carboxylic acid groups (broad SMARTS) is 1. The molecule has 0 spiro atoms. The van der Waals surface area contributed by atoms with E-state index < -0.39 is 23.9 Å². The van der Waals surface area contributed by atoms with E-state index in [0.717, 1.165) is 10.4 Å². The summed E-state index contributed by atoms with van der Waals surface area (Å²) in [5.74, 6) is -1.31. The molecule has 0 aliphatic heterocycles. The molecule has 1 heterocycles. The highest BCUT2D eigenvalue weighted by Gasteiger charge is 2.21. The molecular weight excluding hydrogens is 522 g/mol. The molecule has 3 rings (SSSR count). The minimum atomic E-state index is -1.14. The summed E-state index contributed by atoms with van der Waals surface area (Å²) in [6, 6.07) is 12.8. The predicted octanol–water partition coefficient (Wildman–Crippen LogP) is 3.44. The molecule has 2 aromatic carbocycles. The van der Waals surface area contributed by atoms with E-state index in [2.05, 4.69) is 20.3 Å². The first-order valence-corrected chi connectivity index (χ1v) is 12.8. The predicted molar refractivity (Wildman–Crippen MR) is 148 cm³/mol. The Kier molecular flexibility index (Phi) is 9.98. The van der Waals surface area contributed by atoms with Gasteiger partial charge in [-0.15, -0.1) is 0 Å². The molecule has 206 valence electrons. The van der Waals surface area contributed by atoms with Crippen LogP contribution in [0.15, 0.2) is 48.5 Å². The van der Waals surface area contributed by atoms with E-state index >= 15 is 0 Å². The van der Waals surface area contributed by atoms with Gasteiger partial charge in [-0.25, -0.2) is 9.59 Å². The summed E-state index contributed by atoms with van der Waals surface area (Å²) in [6.07, 6.45) is 0.157. The van der Waals surface area contributed by atoms with Crippen molar-refractivity contribution in [2.45, 2.75) is 39.3 Å². The monoisotopic (exact) mass is 553 g/mol. The smallest absolute Gasteiger partial charge is 0.326 e. The zero-order chi connectivity index (χ0) is 28.5. The number of hydrogen-bond donors (Lipinski definition) is 4. The van der Waals surface area contributed by atoms with Gasteiger partial charge in [0.15, 0.2) is 0 Å². The Balaban J connectivity index is 1.58. The molecule has 12 heteroatoms. The third-order valence-corrected chi connectivity index (χ3v) is 6.59. The number of para-hydroxylation sites is 1. The lowest BCUT2D eigenvalue weighted by atomic mass is 10.1. The van der Waals surface area contributed by atoms with Crippen molar-refractivity contribution in [1.29, 1.82) is 0 Å². The molecule has 4 amide bonds. The number of aliphatic carboxylic acids is 1. The number of nitrogens with one attached hydrogen (secondary N) is 3. The number of likely N-dealkylation sites (N-methyl/N-ethyl adjacent to an activating group) is 1. The van der Waals surface area contributed by atoms with Gasteiger partial charge in [0, 0.05) is 31.0 Å². The third-order valence-electron chi connectivity index (χ3n) is 5.78. The highest BCUT2D eigenvalue weighted by atomic mass is 32.1. The number of rotatable bonds is 11. The number of carboxylic acids is 1. The van der Waals surface area contributed by atoms with Crippen LogP contribution in [0.2, 0.25) is 0 Å². The number of amides is 4. The minimum Gasteiger partial charge on any atom is -0.495 e. The van der Waals surface area contributed by atoms with Gasteiger partial charge >= 0.3 is 12.0 Å². The lowest BCUT2D eigenvalue weighted by Crippen LogP contribution is -2.41. The van der Waals surface area contributed by atoms with Crippen LogP contribution in [0, 0.1) is 6.92 Å². The quantitative estimate of drug-likeness (QED) is 0.284. The van der Waals surface area contributed by atoms with E-state index in [9.17, 15) is 24.3 Å². The summed E-state index contributed by atoms with van der Waals surface area (Å²) in [7, 11) is 3.15. The Morgan fingerprint density at radius 1 is 1.08 bits per heavy atom. The van der Waals surface area contributed by atoms with Gasteiger partial charge in [-0.3, -0.25) is 9.59 Å². The number of methoxy groups -OCH3 is 1. The van der Waals surface area contributed by atoms with E-state index in [1.165, 1.54) is 25.6 Å². The number of carbonyl (C=O) groups is 4. The normalized spacial score (nSPS) is 11.3. The topological polar surface area (TPSA) is 150 Å². The number of aryl methyl sites for hydroxylation is 1. The molecular formula is C27H31N5O6S. The average molecular weight is 554 g/mol. The van der Waals surface area contributed by atoms with Crippen molar-refractivity contribution in [3.8, 4) is 5.75 Å². The number of carbonyl (C=O) groups excluding carboxylic acids is 3. The fourth-order valence-corrected chi connectivity index (χ4v) is 4.55. The molecule has 1 aromatic heterocycles. The lowest BCUT2D eigenvalue weighted by molar-refractivity contribution is -0.141. The minimum absolute atomic E-state index is 0.0478. The van der Waals surface area contributed by atoms with Crippen LogP contribution in [0.25, 0.3) is 0 Å². The van der Waals surface area contributed by atoms with Gasteiger partial charge in [0.05, 0.1) is 31.5 Å². The summed E-state index contributed by atoms with van der Waals surface area (Å²) in [4.78, 5) is 50.3. The highest BCUT2D eigenvalue weighted by Crippen LogP contribution is 2.27. The van der Waals surface area contributed by atoms with Crippen molar-refractivity contribution < 1.29 is 29.0 Å². The van der Waals surface area contributed by atoms with Crippen molar-refractivity contribution in [1.82, 2.24) is 14.6 Å². The van der Waals surface area contributed by atoms with E-state index in [1.54, 1.807) is 36.2 Å². The molecule has 0 saturated carbocycles. The van der Waals surface area contributed by atoms with Gasteiger partial charge in [-0.2, -0.15) is 4.37 Å². The molecule has 0 aliphatic rings. The summed E-state index contributed by atoms with van der Waals surface area (Å²) < 4.78 is 9.69. The Morgan fingerprint density at radius 2 is 1.79 bits per heavy atom. The zero-order valence-electron chi connectivity index (χ0n) is 22.1. The molecule has 0 bridgehead atoms. The summed E-state index contributed by atoms with van der Waals surface area (Å²) in [5.41, 5.74) is 3.32. The second-order valence-electron chi connectivity index (χ2n) is 8.94. The van der Waals surface area contributed by atoms with E-state index in [-0.39, 0.29) is 18.7 Å². The molecule has 1 unspecified atom stereocenters. The van der Waals surface area contributed by atoms with Crippen LogP contribution in [-0.2, 0) is 33.8 Å². The Bertz CT molecular complexity index is 1360. The van der Waals surface area contributed by atoms with Crippen molar-refractivity contribution in [2.75, 3.05) is 24.8 Å². The number of anilines is 2. The zero-order valence-corrected chi connectivity index (χ0v) is 22.9. The van der Waals surface area contributed by atoms with E-state index in [0.29, 0.717) is 34.9 Å². The molecule has 3 aromatic rings. The van der Waals surface area contributed by atoms with Crippen LogP contribution in [0.3, 0.4) is 0 Å². The van der Waals surface area contributed by atoms with Gasteiger partial charge < -0.3 is 30.7 Å². The van der Waals surface area contributed by atoms with Crippen LogP contribution in [0.5, 0.6) is 5.75 Å². The SMILES string of the molecule is COc1cc(CC(=O)N(C)Cc2cc(CC(NC(C)=O)C(=O)O)ns2)ccc1NC(=O)Nc1ccccc1C. The molecule has 1 atom stereocenters. The van der Waals surface area contributed by atoms with E-state index in [4.69, 9.17) is 4.74 Å². The second-order valence-corrected chi connectivity index (χ2v) is 9.82. The fourth-order valence-electron chi connectivity index (χ4n) is 3.75. The first kappa shape index (κ1) is 29.1. The van der Waals surface area contributed by atoms with Crippen LogP contribution >= 0.6 is 11.5 Å². The molecule has 0 saturated heterocycles. The maximum absolute atomic E-state index is 12.9. The molecule has 11 nitrogen and oxygen atoms in total. The average Bonchev–Trinajstić information content (AvgIpc) is 3.32. The van der Waals surface area contributed by atoms with Crippen LogP contribution in [-0.4, -0.2) is 58.4 Å². The van der Waals surface area contributed by atoms with Crippen molar-refractivity contribution >= 4 is 46.7 Å². The first-order chi connectivity index (χ1) is 18.5. The number of benzene rings is 2. The fraction of sp³-hybridized carbons (Fsp3) is 0.296. The Hall–Kier alpha value is -4.45. The van der Waals surface area contributed by atoms with Crippen LogP contribution in [0.4, 0.5) is 16.2 Å². The highest BCUT2D eigenvalue weighted by molar-refractivity contribution is 7.05. The van der Waals surface area contributed by atoms with Crippen molar-refractivity contribution in [2.24, 2.45) is 0 Å². The largest absolute Gasteiger partial charge is 0.495 e. The van der Waals surface area contributed by atoms with Crippen molar-refractivity contribution in [3.63, 3.8) is 0 Å². The van der Waals surface area contributed by atoms with Gasteiger partial charge in [0.2, 0.25) is 11.8 Å². The second kappa shape index (κ2) is 13.4. The van der Waals surface area contributed by atoms with E-state index in [1.807, 2.05) is 31.2 Å². The lowest BCUT2D eigenvalue weighted by Gasteiger charge is -2.17. The molecule has 39 heavy (non-hydrogen) atoms. The molecule has 0 radical (unpaired) electrons.